The highest BCUT2D eigenvalue weighted by atomic mass is 35.5. The molecule has 20 heavy (non-hydrogen) atoms. The van der Waals surface area contributed by atoms with Gasteiger partial charge in [0.05, 0.1) is 6.04 Å². The molecule has 0 radical (unpaired) electrons. The smallest absolute Gasteiger partial charge is 0.150 e. The van der Waals surface area contributed by atoms with Crippen molar-refractivity contribution in [3.8, 4) is 11.5 Å². The summed E-state index contributed by atoms with van der Waals surface area (Å²) in [4.78, 5) is 4.46. The maximum absolute atomic E-state index is 5.93. The minimum atomic E-state index is 0.173. The molecule has 1 aromatic carbocycles. The molecule has 0 saturated carbocycles. The molecule has 1 unspecified atom stereocenters. The van der Waals surface area contributed by atoms with Crippen LogP contribution in [0.15, 0.2) is 42.6 Å². The van der Waals surface area contributed by atoms with Crippen LogP contribution in [0.5, 0.6) is 11.5 Å². The predicted octanol–water partition coefficient (Wildman–Crippen LogP) is 2.76. The van der Waals surface area contributed by atoms with E-state index in [4.69, 9.17) is 16.3 Å². The second kappa shape index (κ2) is 6.22. The summed E-state index contributed by atoms with van der Waals surface area (Å²) in [6, 6.07) is 11.3. The number of rotatable bonds is 3. The van der Waals surface area contributed by atoms with E-state index in [9.17, 15) is 0 Å². The number of ether oxygens (including phenoxy) is 1. The second-order valence-electron chi connectivity index (χ2n) is 4.65. The minimum Gasteiger partial charge on any atom is -0.455 e. The maximum Gasteiger partial charge on any atom is 0.150 e. The molecule has 0 spiro atoms. The standard InChI is InChI=1S/C15H16ClN3O/c16-11-3-5-12(6-4-11)20-14-2-1-7-19-15(14)13-10-17-8-9-18-13/h1-7,13,17-18H,8-10H2. The summed E-state index contributed by atoms with van der Waals surface area (Å²) >= 11 is 5.88. The molecule has 5 heteroatoms. The van der Waals surface area contributed by atoms with Gasteiger partial charge in [-0.1, -0.05) is 11.6 Å². The Morgan fingerprint density at radius 1 is 1.15 bits per heavy atom. The summed E-state index contributed by atoms with van der Waals surface area (Å²) in [6.07, 6.45) is 1.79. The van der Waals surface area contributed by atoms with Crippen LogP contribution in [0.4, 0.5) is 0 Å². The molecular weight excluding hydrogens is 274 g/mol. The van der Waals surface area contributed by atoms with Gasteiger partial charge in [-0.3, -0.25) is 4.98 Å². The topological polar surface area (TPSA) is 46.2 Å². The molecule has 0 amide bonds. The van der Waals surface area contributed by atoms with Crippen LogP contribution in [0, 0.1) is 0 Å². The fraction of sp³-hybridized carbons (Fsp3) is 0.267. The van der Waals surface area contributed by atoms with Gasteiger partial charge in [-0.05, 0) is 36.4 Å². The summed E-state index contributed by atoms with van der Waals surface area (Å²) in [5.41, 5.74) is 0.926. The largest absolute Gasteiger partial charge is 0.455 e. The number of benzene rings is 1. The zero-order valence-corrected chi connectivity index (χ0v) is 11.7. The number of halogens is 1. The van der Waals surface area contributed by atoms with Crippen molar-refractivity contribution in [1.82, 2.24) is 15.6 Å². The van der Waals surface area contributed by atoms with Crippen LogP contribution < -0.4 is 15.4 Å². The number of nitrogens with zero attached hydrogens (tertiary/aromatic N) is 1. The van der Waals surface area contributed by atoms with Crippen LogP contribution in [-0.2, 0) is 0 Å². The summed E-state index contributed by atoms with van der Waals surface area (Å²) in [7, 11) is 0. The van der Waals surface area contributed by atoms with Crippen LogP contribution in [-0.4, -0.2) is 24.6 Å². The molecule has 4 nitrogen and oxygen atoms in total. The van der Waals surface area contributed by atoms with Gasteiger partial charge < -0.3 is 15.4 Å². The van der Waals surface area contributed by atoms with Gasteiger partial charge in [0, 0.05) is 30.9 Å². The number of piperazine rings is 1. The molecular formula is C15H16ClN3O. The number of aromatic nitrogens is 1. The van der Waals surface area contributed by atoms with E-state index in [0.717, 1.165) is 36.8 Å². The van der Waals surface area contributed by atoms with E-state index in [-0.39, 0.29) is 6.04 Å². The lowest BCUT2D eigenvalue weighted by Gasteiger charge is -2.25. The van der Waals surface area contributed by atoms with Crippen molar-refractivity contribution in [2.45, 2.75) is 6.04 Å². The van der Waals surface area contributed by atoms with Gasteiger partial charge in [0.15, 0.2) is 5.75 Å². The van der Waals surface area contributed by atoms with Crippen molar-refractivity contribution in [2.75, 3.05) is 19.6 Å². The Kier molecular flexibility index (Phi) is 4.16. The predicted molar refractivity (Wildman–Crippen MR) is 79.4 cm³/mol. The summed E-state index contributed by atoms with van der Waals surface area (Å²) in [5, 5.41) is 7.50. The third-order valence-electron chi connectivity index (χ3n) is 3.21. The van der Waals surface area contributed by atoms with Gasteiger partial charge in [0.2, 0.25) is 0 Å². The quantitative estimate of drug-likeness (QED) is 0.912. The van der Waals surface area contributed by atoms with E-state index >= 15 is 0 Å². The van der Waals surface area contributed by atoms with Crippen molar-refractivity contribution in [1.29, 1.82) is 0 Å². The normalized spacial score (nSPS) is 18.8. The zero-order valence-electron chi connectivity index (χ0n) is 11.0. The van der Waals surface area contributed by atoms with Crippen LogP contribution in [0.1, 0.15) is 11.7 Å². The minimum absolute atomic E-state index is 0.173. The Morgan fingerprint density at radius 2 is 2.00 bits per heavy atom. The highest BCUT2D eigenvalue weighted by Crippen LogP contribution is 2.28. The van der Waals surface area contributed by atoms with Crippen molar-refractivity contribution in [2.24, 2.45) is 0 Å². The highest BCUT2D eigenvalue weighted by molar-refractivity contribution is 6.30. The van der Waals surface area contributed by atoms with Crippen molar-refractivity contribution >= 4 is 11.6 Å². The van der Waals surface area contributed by atoms with E-state index in [1.807, 2.05) is 36.4 Å². The molecule has 1 atom stereocenters. The molecule has 1 fully saturated rings. The van der Waals surface area contributed by atoms with Gasteiger partial charge in [-0.25, -0.2) is 0 Å². The zero-order chi connectivity index (χ0) is 13.8. The van der Waals surface area contributed by atoms with Crippen LogP contribution in [0.2, 0.25) is 5.02 Å². The van der Waals surface area contributed by atoms with E-state index in [2.05, 4.69) is 15.6 Å². The Balaban J connectivity index is 1.83. The molecule has 1 aromatic heterocycles. The molecule has 2 N–H and O–H groups in total. The molecule has 104 valence electrons. The number of pyridine rings is 1. The van der Waals surface area contributed by atoms with E-state index < -0.39 is 0 Å². The average molecular weight is 290 g/mol. The fourth-order valence-corrected chi connectivity index (χ4v) is 2.35. The Bertz CT molecular complexity index is 568. The lowest BCUT2D eigenvalue weighted by Crippen LogP contribution is -2.43. The van der Waals surface area contributed by atoms with Gasteiger partial charge >= 0.3 is 0 Å². The lowest BCUT2D eigenvalue weighted by atomic mass is 10.1. The molecule has 0 aliphatic carbocycles. The first-order chi connectivity index (χ1) is 9.83. The van der Waals surface area contributed by atoms with E-state index in [0.29, 0.717) is 5.02 Å². The van der Waals surface area contributed by atoms with Crippen molar-refractivity contribution in [3.63, 3.8) is 0 Å². The van der Waals surface area contributed by atoms with Crippen molar-refractivity contribution in [3.05, 3.63) is 53.3 Å². The summed E-state index contributed by atoms with van der Waals surface area (Å²) in [5.74, 6) is 1.53. The monoisotopic (exact) mass is 289 g/mol. The van der Waals surface area contributed by atoms with Gasteiger partial charge in [-0.15, -0.1) is 0 Å². The van der Waals surface area contributed by atoms with E-state index in [1.165, 1.54) is 0 Å². The lowest BCUT2D eigenvalue weighted by molar-refractivity contribution is 0.400. The molecule has 1 aliphatic rings. The number of hydrogen-bond acceptors (Lipinski definition) is 4. The van der Waals surface area contributed by atoms with Gasteiger partial charge in [0.1, 0.15) is 11.4 Å². The first kappa shape index (κ1) is 13.4. The number of hydrogen-bond donors (Lipinski definition) is 2. The SMILES string of the molecule is Clc1ccc(Oc2cccnc2C2CNCCN2)cc1. The summed E-state index contributed by atoms with van der Waals surface area (Å²) in [6.45, 7) is 2.77. The molecule has 1 saturated heterocycles. The molecule has 2 heterocycles. The van der Waals surface area contributed by atoms with Crippen LogP contribution in [0.25, 0.3) is 0 Å². The first-order valence-electron chi connectivity index (χ1n) is 6.65. The third-order valence-corrected chi connectivity index (χ3v) is 3.46. The molecule has 3 rings (SSSR count). The molecule has 2 aromatic rings. The first-order valence-corrected chi connectivity index (χ1v) is 7.03. The Morgan fingerprint density at radius 3 is 2.75 bits per heavy atom. The Hall–Kier alpha value is -1.62. The molecule has 0 bridgehead atoms. The Labute approximate surface area is 123 Å². The summed E-state index contributed by atoms with van der Waals surface area (Å²) < 4.78 is 5.93. The maximum atomic E-state index is 5.93. The fourth-order valence-electron chi connectivity index (χ4n) is 2.23. The van der Waals surface area contributed by atoms with Gasteiger partial charge in [-0.2, -0.15) is 0 Å². The number of nitrogens with one attached hydrogen (secondary N) is 2. The van der Waals surface area contributed by atoms with Crippen LogP contribution in [0.3, 0.4) is 0 Å². The second-order valence-corrected chi connectivity index (χ2v) is 5.09. The van der Waals surface area contributed by atoms with E-state index in [1.54, 1.807) is 6.20 Å². The van der Waals surface area contributed by atoms with Crippen LogP contribution >= 0.6 is 11.6 Å². The van der Waals surface area contributed by atoms with Gasteiger partial charge in [0.25, 0.3) is 0 Å². The van der Waals surface area contributed by atoms with Crippen molar-refractivity contribution < 1.29 is 4.74 Å². The average Bonchev–Trinajstić information content (AvgIpc) is 2.51. The third kappa shape index (κ3) is 3.10. The highest BCUT2D eigenvalue weighted by Gasteiger charge is 2.19. The molecule has 1 aliphatic heterocycles.